The number of pyridine rings is 1. The van der Waals surface area contributed by atoms with E-state index >= 15 is 0 Å². The van der Waals surface area contributed by atoms with Gasteiger partial charge < -0.3 is 5.32 Å². The minimum atomic E-state index is 0.464. The lowest BCUT2D eigenvalue weighted by molar-refractivity contribution is 0.521. The normalized spacial score (nSPS) is 27.9. The average molecular weight is 272 g/mol. The van der Waals surface area contributed by atoms with E-state index in [9.17, 15) is 0 Å². The summed E-state index contributed by atoms with van der Waals surface area (Å²) in [7, 11) is 0. The second kappa shape index (κ2) is 5.48. The molecule has 0 aromatic carbocycles. The summed E-state index contributed by atoms with van der Waals surface area (Å²) in [4.78, 5) is 3.95. The van der Waals surface area contributed by atoms with Gasteiger partial charge in [0.15, 0.2) is 5.11 Å². The third-order valence-corrected chi connectivity index (χ3v) is 3.89. The van der Waals surface area contributed by atoms with Crippen molar-refractivity contribution in [3.63, 3.8) is 0 Å². The summed E-state index contributed by atoms with van der Waals surface area (Å²) >= 11 is 5.25. The highest BCUT2D eigenvalue weighted by molar-refractivity contribution is 7.80. The monoisotopic (exact) mass is 272 g/mol. The van der Waals surface area contributed by atoms with Crippen LogP contribution in [0, 0.1) is 11.8 Å². The molecule has 5 heteroatoms. The molecule has 4 nitrogen and oxygen atoms in total. The Morgan fingerprint density at radius 2 is 2.16 bits per heavy atom. The van der Waals surface area contributed by atoms with Crippen molar-refractivity contribution in [3.8, 4) is 0 Å². The van der Waals surface area contributed by atoms with Gasteiger partial charge in [-0.2, -0.15) is 5.10 Å². The fourth-order valence-corrected chi connectivity index (χ4v) is 2.97. The van der Waals surface area contributed by atoms with Crippen molar-refractivity contribution in [2.24, 2.45) is 16.9 Å². The molecule has 1 aromatic rings. The zero-order chi connectivity index (χ0) is 13.1. The number of nitrogens with one attached hydrogen (secondary N) is 2. The number of thiocarbonyl (C=S) groups is 1. The number of fused-ring (bicyclic) bond motifs is 2. The number of nitrogens with zero attached hydrogens (tertiary/aromatic N) is 2. The van der Waals surface area contributed by atoms with Crippen LogP contribution in [0.1, 0.15) is 18.4 Å². The molecule has 3 atom stereocenters. The lowest BCUT2D eigenvalue weighted by Crippen LogP contribution is -2.42. The zero-order valence-corrected chi connectivity index (χ0v) is 11.3. The maximum atomic E-state index is 5.25. The van der Waals surface area contributed by atoms with Crippen molar-refractivity contribution in [1.29, 1.82) is 0 Å². The third-order valence-electron chi connectivity index (χ3n) is 3.68. The van der Waals surface area contributed by atoms with Gasteiger partial charge in [0.1, 0.15) is 0 Å². The molecule has 0 amide bonds. The van der Waals surface area contributed by atoms with Gasteiger partial charge in [-0.1, -0.05) is 12.2 Å². The Morgan fingerprint density at radius 1 is 1.32 bits per heavy atom. The largest absolute Gasteiger partial charge is 0.358 e. The summed E-state index contributed by atoms with van der Waals surface area (Å²) in [5.41, 5.74) is 3.86. The first-order valence-corrected chi connectivity index (χ1v) is 6.90. The Bertz CT molecular complexity index is 511. The van der Waals surface area contributed by atoms with E-state index in [0.717, 1.165) is 11.5 Å². The van der Waals surface area contributed by atoms with E-state index in [1.54, 1.807) is 18.6 Å². The Morgan fingerprint density at radius 3 is 2.84 bits per heavy atom. The molecule has 1 heterocycles. The molecule has 2 aliphatic carbocycles. The molecule has 3 rings (SSSR count). The summed E-state index contributed by atoms with van der Waals surface area (Å²) in [5.74, 6) is 1.37. The maximum absolute atomic E-state index is 5.25. The number of hydrazone groups is 1. The minimum absolute atomic E-state index is 0.464. The summed E-state index contributed by atoms with van der Waals surface area (Å²) in [6.07, 6.45) is 12.3. The Balaban J connectivity index is 1.47. The standard InChI is InChI=1S/C14H16N4S/c19-14(17-13-8-11-1-2-12(13)7-11)18-16-9-10-3-5-15-6-4-10/h1-6,9,11-13H,7-8H2,(H2,17,18,19)/b16-9+. The fraction of sp³-hybridized carbons (Fsp3) is 0.357. The molecule has 1 saturated carbocycles. The second-order valence-corrected chi connectivity index (χ2v) is 5.42. The van der Waals surface area contributed by atoms with Crippen LogP contribution in [0.15, 0.2) is 41.8 Å². The first-order valence-electron chi connectivity index (χ1n) is 6.49. The first-order chi connectivity index (χ1) is 9.31. The molecular weight excluding hydrogens is 256 g/mol. The van der Waals surface area contributed by atoms with Gasteiger partial charge in [0.25, 0.3) is 0 Å². The summed E-state index contributed by atoms with van der Waals surface area (Å²) in [5, 5.41) is 8.05. The Kier molecular flexibility index (Phi) is 3.55. The zero-order valence-electron chi connectivity index (χ0n) is 10.5. The molecule has 1 fully saturated rings. The van der Waals surface area contributed by atoms with Crippen molar-refractivity contribution in [2.45, 2.75) is 18.9 Å². The number of hydrogen-bond donors (Lipinski definition) is 2. The molecular formula is C14H16N4S. The average Bonchev–Trinajstić information content (AvgIpc) is 3.02. The van der Waals surface area contributed by atoms with Gasteiger partial charge in [0.2, 0.25) is 0 Å². The predicted molar refractivity (Wildman–Crippen MR) is 79.8 cm³/mol. The predicted octanol–water partition coefficient (Wildman–Crippen LogP) is 1.84. The fourth-order valence-electron chi connectivity index (χ4n) is 2.76. The van der Waals surface area contributed by atoms with Crippen LogP contribution >= 0.6 is 12.2 Å². The molecule has 3 unspecified atom stereocenters. The van der Waals surface area contributed by atoms with Crippen LogP contribution in [0.2, 0.25) is 0 Å². The molecule has 2 N–H and O–H groups in total. The van der Waals surface area contributed by atoms with Gasteiger partial charge >= 0.3 is 0 Å². The van der Waals surface area contributed by atoms with E-state index < -0.39 is 0 Å². The Labute approximate surface area is 118 Å². The number of hydrogen-bond acceptors (Lipinski definition) is 3. The number of rotatable bonds is 3. The highest BCUT2D eigenvalue weighted by Gasteiger charge is 2.35. The van der Waals surface area contributed by atoms with Crippen molar-refractivity contribution in [1.82, 2.24) is 15.7 Å². The minimum Gasteiger partial charge on any atom is -0.358 e. The molecule has 19 heavy (non-hydrogen) atoms. The van der Waals surface area contributed by atoms with E-state index in [0.29, 0.717) is 17.1 Å². The lowest BCUT2D eigenvalue weighted by Gasteiger charge is -2.20. The van der Waals surface area contributed by atoms with Gasteiger partial charge in [-0.25, -0.2) is 0 Å². The van der Waals surface area contributed by atoms with Gasteiger partial charge in [0, 0.05) is 18.4 Å². The molecule has 2 bridgehead atoms. The van der Waals surface area contributed by atoms with E-state index in [2.05, 4.69) is 33.0 Å². The van der Waals surface area contributed by atoms with E-state index in [1.807, 2.05) is 12.1 Å². The van der Waals surface area contributed by atoms with Crippen LogP contribution in [-0.4, -0.2) is 22.4 Å². The third kappa shape index (κ3) is 2.98. The van der Waals surface area contributed by atoms with Crippen LogP contribution < -0.4 is 10.7 Å². The topological polar surface area (TPSA) is 49.3 Å². The molecule has 1 aromatic heterocycles. The van der Waals surface area contributed by atoms with Gasteiger partial charge in [-0.15, -0.1) is 0 Å². The highest BCUT2D eigenvalue weighted by Crippen LogP contribution is 2.38. The quantitative estimate of drug-likeness (QED) is 0.381. The van der Waals surface area contributed by atoms with Crippen molar-refractivity contribution < 1.29 is 0 Å². The van der Waals surface area contributed by atoms with Crippen molar-refractivity contribution >= 4 is 23.5 Å². The lowest BCUT2D eigenvalue weighted by atomic mass is 10.0. The number of aromatic nitrogens is 1. The van der Waals surface area contributed by atoms with Gasteiger partial charge in [-0.05, 0) is 54.6 Å². The summed E-state index contributed by atoms with van der Waals surface area (Å²) in [6.45, 7) is 0. The number of allylic oxidation sites excluding steroid dienone is 1. The van der Waals surface area contributed by atoms with Crippen molar-refractivity contribution in [2.75, 3.05) is 0 Å². The van der Waals surface area contributed by atoms with E-state index in [1.165, 1.54) is 12.8 Å². The molecule has 0 spiro atoms. The summed E-state index contributed by atoms with van der Waals surface area (Å²) < 4.78 is 0. The summed E-state index contributed by atoms with van der Waals surface area (Å²) in [6, 6.07) is 4.25. The van der Waals surface area contributed by atoms with Crippen LogP contribution in [0.5, 0.6) is 0 Å². The van der Waals surface area contributed by atoms with Crippen LogP contribution in [0.3, 0.4) is 0 Å². The molecule has 0 radical (unpaired) electrons. The maximum Gasteiger partial charge on any atom is 0.187 e. The van der Waals surface area contributed by atoms with Gasteiger partial charge in [-0.3, -0.25) is 10.4 Å². The highest BCUT2D eigenvalue weighted by atomic mass is 32.1. The van der Waals surface area contributed by atoms with E-state index in [4.69, 9.17) is 12.2 Å². The van der Waals surface area contributed by atoms with Crippen LogP contribution in [-0.2, 0) is 0 Å². The first kappa shape index (κ1) is 12.3. The molecule has 0 aliphatic heterocycles. The molecule has 0 saturated heterocycles. The Hall–Kier alpha value is -1.75. The SMILES string of the molecule is S=C(N/N=C/c1ccncc1)NC1CC2C=CC1C2. The van der Waals surface area contributed by atoms with Gasteiger partial charge in [0.05, 0.1) is 6.21 Å². The van der Waals surface area contributed by atoms with Crippen LogP contribution in [0.25, 0.3) is 0 Å². The van der Waals surface area contributed by atoms with Crippen molar-refractivity contribution in [3.05, 3.63) is 42.2 Å². The smallest absolute Gasteiger partial charge is 0.187 e. The second-order valence-electron chi connectivity index (χ2n) is 5.01. The molecule has 2 aliphatic rings. The van der Waals surface area contributed by atoms with Crippen LogP contribution in [0.4, 0.5) is 0 Å². The van der Waals surface area contributed by atoms with E-state index in [-0.39, 0.29) is 0 Å². The molecule has 98 valence electrons.